The molecule has 0 amide bonds. The van der Waals surface area contributed by atoms with E-state index in [2.05, 4.69) is 61.4 Å². The van der Waals surface area contributed by atoms with Crippen molar-refractivity contribution in [3.05, 3.63) is 65.4 Å². The van der Waals surface area contributed by atoms with Gasteiger partial charge in [0.05, 0.1) is 13.2 Å². The van der Waals surface area contributed by atoms with Crippen molar-refractivity contribution in [3.63, 3.8) is 0 Å². The molecule has 2 aromatic rings. The molecule has 2 aliphatic heterocycles. The first-order valence-corrected chi connectivity index (χ1v) is 12.8. The largest absolute Gasteiger partial charge is 0.490 e. The summed E-state index contributed by atoms with van der Waals surface area (Å²) in [6.45, 7) is 17.6. The number of likely N-dealkylation sites (tertiary alicyclic amines) is 1. The van der Waals surface area contributed by atoms with Gasteiger partial charge in [0.25, 0.3) is 0 Å². The Balaban J connectivity index is 1.47. The van der Waals surface area contributed by atoms with Crippen molar-refractivity contribution in [3.8, 4) is 11.5 Å². The summed E-state index contributed by atoms with van der Waals surface area (Å²) in [7, 11) is 0. The van der Waals surface area contributed by atoms with Crippen LogP contribution in [0.1, 0.15) is 49.8 Å². The van der Waals surface area contributed by atoms with Gasteiger partial charge in [-0.1, -0.05) is 44.7 Å². The predicted octanol–water partition coefficient (Wildman–Crippen LogP) is 5.62. The van der Waals surface area contributed by atoms with Gasteiger partial charge in [-0.25, -0.2) is 0 Å². The van der Waals surface area contributed by atoms with Crippen LogP contribution < -0.4 is 15.2 Å². The number of rotatable bonds is 8. The van der Waals surface area contributed by atoms with E-state index in [-0.39, 0.29) is 0 Å². The van der Waals surface area contributed by atoms with Crippen molar-refractivity contribution in [2.75, 3.05) is 38.6 Å². The van der Waals surface area contributed by atoms with Gasteiger partial charge in [-0.05, 0) is 61.1 Å². The summed E-state index contributed by atoms with van der Waals surface area (Å²) in [6.07, 6.45) is 3.30. The lowest BCUT2D eigenvalue weighted by Crippen LogP contribution is -2.40. The summed E-state index contributed by atoms with van der Waals surface area (Å²) in [6, 6.07) is 12.6. The van der Waals surface area contributed by atoms with E-state index in [1.54, 1.807) is 0 Å². The van der Waals surface area contributed by atoms with E-state index in [1.165, 1.54) is 29.7 Å². The first-order valence-electron chi connectivity index (χ1n) is 12.8. The zero-order valence-corrected chi connectivity index (χ0v) is 21.2. The van der Waals surface area contributed by atoms with Crippen LogP contribution in [-0.2, 0) is 13.1 Å². The van der Waals surface area contributed by atoms with Crippen LogP contribution in [0, 0.1) is 18.8 Å². The van der Waals surface area contributed by atoms with Crippen LogP contribution in [0.4, 0.5) is 5.69 Å². The second-order valence-electron chi connectivity index (χ2n) is 10.3. The lowest BCUT2D eigenvalue weighted by molar-refractivity contribution is 0.155. The summed E-state index contributed by atoms with van der Waals surface area (Å²) in [4.78, 5) is 5.03. The first-order chi connectivity index (χ1) is 16.4. The lowest BCUT2D eigenvalue weighted by atomic mass is 9.93. The van der Waals surface area contributed by atoms with Crippen molar-refractivity contribution < 1.29 is 9.47 Å². The molecule has 1 unspecified atom stereocenters. The third-order valence-electron chi connectivity index (χ3n) is 6.88. The van der Waals surface area contributed by atoms with Gasteiger partial charge >= 0.3 is 0 Å². The standard InChI is InChI=1S/C29H41N3O2/c1-21(2)17-32(18-24-15-22(3)29-28(16-24)33-13-8-14-34-29)23(4)25-10-7-12-31(19-25)20-26-9-5-6-11-27(26)30/h5-6,9,11,15-16,21,25H,4,7-8,10,12-14,17-20,30H2,1-3H3. The number of aryl methyl sites for hydroxylation is 1. The number of ether oxygens (including phenoxy) is 2. The Morgan fingerprint density at radius 3 is 2.76 bits per heavy atom. The van der Waals surface area contributed by atoms with Gasteiger partial charge in [-0.2, -0.15) is 0 Å². The number of nitrogens with two attached hydrogens (primary N) is 1. The smallest absolute Gasteiger partial charge is 0.164 e. The van der Waals surface area contributed by atoms with Gasteiger partial charge in [0.2, 0.25) is 0 Å². The SMILES string of the molecule is C=C(C1CCCN(Cc2ccccc2N)C1)N(Cc1cc(C)c2c(c1)OCCCO2)CC(C)C. The maximum Gasteiger partial charge on any atom is 0.164 e. The second-order valence-corrected chi connectivity index (χ2v) is 10.3. The van der Waals surface area contributed by atoms with Crippen LogP contribution in [0.3, 0.4) is 0 Å². The zero-order valence-electron chi connectivity index (χ0n) is 21.2. The van der Waals surface area contributed by atoms with Crippen LogP contribution >= 0.6 is 0 Å². The minimum atomic E-state index is 0.457. The molecule has 0 saturated carbocycles. The Kier molecular flexibility index (Phi) is 8.04. The molecule has 0 spiro atoms. The predicted molar refractivity (Wildman–Crippen MR) is 140 cm³/mol. The minimum Gasteiger partial charge on any atom is -0.490 e. The molecular weight excluding hydrogens is 422 g/mol. The molecule has 5 nitrogen and oxygen atoms in total. The highest BCUT2D eigenvalue weighted by atomic mass is 16.5. The number of anilines is 1. The monoisotopic (exact) mass is 463 g/mol. The minimum absolute atomic E-state index is 0.457. The van der Waals surface area contributed by atoms with Crippen molar-refractivity contribution in [1.82, 2.24) is 9.80 Å². The van der Waals surface area contributed by atoms with Crippen molar-refractivity contribution in [2.45, 2.75) is 53.1 Å². The van der Waals surface area contributed by atoms with E-state index in [4.69, 9.17) is 15.2 Å². The summed E-state index contributed by atoms with van der Waals surface area (Å²) >= 11 is 0. The molecule has 0 bridgehead atoms. The molecule has 1 atom stereocenters. The van der Waals surface area contributed by atoms with E-state index >= 15 is 0 Å². The molecule has 2 N–H and O–H groups in total. The van der Waals surface area contributed by atoms with E-state index < -0.39 is 0 Å². The molecule has 5 heteroatoms. The van der Waals surface area contributed by atoms with E-state index in [0.29, 0.717) is 18.4 Å². The number of piperidine rings is 1. The van der Waals surface area contributed by atoms with Crippen LogP contribution in [0.5, 0.6) is 11.5 Å². The normalized spacial score (nSPS) is 18.5. The number of para-hydroxylation sites is 1. The number of benzene rings is 2. The molecule has 2 aliphatic rings. The molecule has 184 valence electrons. The van der Waals surface area contributed by atoms with Gasteiger partial charge < -0.3 is 20.1 Å². The maximum atomic E-state index is 6.22. The first kappa shape index (κ1) is 24.5. The fourth-order valence-corrected chi connectivity index (χ4v) is 5.21. The van der Waals surface area contributed by atoms with Gasteiger partial charge in [0.1, 0.15) is 0 Å². The highest BCUT2D eigenvalue weighted by Crippen LogP contribution is 2.36. The van der Waals surface area contributed by atoms with Gasteiger partial charge in [0.15, 0.2) is 11.5 Å². The number of fused-ring (bicyclic) bond motifs is 1. The van der Waals surface area contributed by atoms with Crippen molar-refractivity contribution >= 4 is 5.69 Å². The Labute approximate surface area is 205 Å². The molecule has 2 aromatic carbocycles. The van der Waals surface area contributed by atoms with Crippen LogP contribution in [0.2, 0.25) is 0 Å². The third-order valence-corrected chi connectivity index (χ3v) is 6.88. The molecule has 0 radical (unpaired) electrons. The summed E-state index contributed by atoms with van der Waals surface area (Å²) in [5.74, 6) is 2.80. The molecule has 1 fully saturated rings. The fourth-order valence-electron chi connectivity index (χ4n) is 5.21. The quantitative estimate of drug-likeness (QED) is 0.515. The lowest BCUT2D eigenvalue weighted by Gasteiger charge is -2.39. The van der Waals surface area contributed by atoms with Crippen molar-refractivity contribution in [1.29, 1.82) is 0 Å². The summed E-state index contributed by atoms with van der Waals surface area (Å²) < 4.78 is 12.0. The molecule has 1 saturated heterocycles. The highest BCUT2D eigenvalue weighted by Gasteiger charge is 2.26. The zero-order chi connectivity index (χ0) is 24.1. The molecule has 0 aromatic heterocycles. The second kappa shape index (κ2) is 11.2. The van der Waals surface area contributed by atoms with Gasteiger partial charge in [0, 0.05) is 49.9 Å². The van der Waals surface area contributed by atoms with Gasteiger partial charge in [-0.3, -0.25) is 4.90 Å². The Hall–Kier alpha value is -2.66. The average Bonchev–Trinajstić information content (AvgIpc) is 3.06. The van der Waals surface area contributed by atoms with Crippen molar-refractivity contribution in [2.24, 2.45) is 11.8 Å². The molecule has 2 heterocycles. The number of nitrogens with zero attached hydrogens (tertiary/aromatic N) is 2. The van der Waals surface area contributed by atoms with E-state index in [1.807, 2.05) is 12.1 Å². The van der Waals surface area contributed by atoms with E-state index in [9.17, 15) is 0 Å². The molecule has 0 aliphatic carbocycles. The van der Waals surface area contributed by atoms with Crippen LogP contribution in [0.15, 0.2) is 48.7 Å². The number of hydrogen-bond acceptors (Lipinski definition) is 5. The Morgan fingerprint density at radius 2 is 1.97 bits per heavy atom. The average molecular weight is 464 g/mol. The molecular formula is C29H41N3O2. The summed E-state index contributed by atoms with van der Waals surface area (Å²) in [5, 5.41) is 0. The third kappa shape index (κ3) is 6.06. The molecule has 34 heavy (non-hydrogen) atoms. The van der Waals surface area contributed by atoms with Gasteiger partial charge in [-0.15, -0.1) is 0 Å². The van der Waals surface area contributed by atoms with Crippen LogP contribution in [0.25, 0.3) is 0 Å². The van der Waals surface area contributed by atoms with Crippen LogP contribution in [-0.4, -0.2) is 42.6 Å². The Bertz CT molecular complexity index is 987. The Morgan fingerprint density at radius 1 is 1.18 bits per heavy atom. The molecule has 4 rings (SSSR count). The highest BCUT2D eigenvalue weighted by molar-refractivity contribution is 5.49. The summed E-state index contributed by atoms with van der Waals surface area (Å²) in [5.41, 5.74) is 12.0. The van der Waals surface area contributed by atoms with E-state index in [0.717, 1.165) is 68.5 Å². The topological polar surface area (TPSA) is 51.0 Å². The maximum absolute atomic E-state index is 6.22. The number of hydrogen-bond donors (Lipinski definition) is 1. The number of nitrogen functional groups attached to an aromatic ring is 1. The fraction of sp³-hybridized carbons (Fsp3) is 0.517.